The maximum absolute atomic E-state index is 12.1. The smallest absolute Gasteiger partial charge is 0.220 e. The molecule has 0 bridgehead atoms. The predicted octanol–water partition coefficient (Wildman–Crippen LogP) is 2.97. The van der Waals surface area contributed by atoms with Gasteiger partial charge in [-0.15, -0.1) is 0 Å². The number of nitrogens with one attached hydrogen (secondary N) is 1. The van der Waals surface area contributed by atoms with Crippen molar-refractivity contribution < 1.29 is 4.79 Å². The van der Waals surface area contributed by atoms with Gasteiger partial charge in [-0.05, 0) is 51.0 Å². The fourth-order valence-corrected chi connectivity index (χ4v) is 3.66. The van der Waals surface area contributed by atoms with Crippen molar-refractivity contribution in [3.8, 4) is 5.82 Å². The van der Waals surface area contributed by atoms with E-state index in [1.807, 2.05) is 24.6 Å². The van der Waals surface area contributed by atoms with Gasteiger partial charge < -0.3 is 10.2 Å². The summed E-state index contributed by atoms with van der Waals surface area (Å²) in [6.07, 6.45) is 6.21. The highest BCUT2D eigenvalue weighted by Gasteiger charge is 2.18. The Hall–Kier alpha value is -2.44. The zero-order chi connectivity index (χ0) is 20.1. The summed E-state index contributed by atoms with van der Waals surface area (Å²) in [5, 5.41) is 7.70. The Bertz CT molecular complexity index is 807. The van der Waals surface area contributed by atoms with E-state index in [2.05, 4.69) is 39.1 Å². The Morgan fingerprint density at radius 3 is 2.61 bits per heavy atom. The summed E-state index contributed by atoms with van der Waals surface area (Å²) in [5.41, 5.74) is 3.12. The van der Waals surface area contributed by atoms with Crippen LogP contribution < -0.4 is 10.2 Å². The van der Waals surface area contributed by atoms with E-state index < -0.39 is 0 Å². The molecule has 0 radical (unpaired) electrons. The molecule has 1 amide bonds. The van der Waals surface area contributed by atoms with Crippen LogP contribution in [0.25, 0.3) is 5.82 Å². The highest BCUT2D eigenvalue weighted by molar-refractivity contribution is 5.76. The van der Waals surface area contributed by atoms with Crippen LogP contribution in [0.15, 0.2) is 12.4 Å². The van der Waals surface area contributed by atoms with Gasteiger partial charge >= 0.3 is 0 Å². The molecule has 7 nitrogen and oxygen atoms in total. The molecule has 1 saturated heterocycles. The molecular weight excluding hydrogens is 352 g/mol. The summed E-state index contributed by atoms with van der Waals surface area (Å²) in [4.78, 5) is 23.3. The number of aryl methyl sites for hydroxylation is 1. The average Bonchev–Trinajstić information content (AvgIpc) is 3.29. The van der Waals surface area contributed by atoms with E-state index >= 15 is 0 Å². The zero-order valence-electron chi connectivity index (χ0n) is 17.5. The standard InChI is InChI=1S/C21H32N6O/c1-15(2)9-10-22-21(28)8-7-18-16(3)25-27(17(18)4)20-13-19(23-14-24-20)26-11-5-6-12-26/h13-15H,5-12H2,1-4H3,(H,22,28). The van der Waals surface area contributed by atoms with Crippen LogP contribution >= 0.6 is 0 Å². The maximum Gasteiger partial charge on any atom is 0.220 e. The average molecular weight is 385 g/mol. The van der Waals surface area contributed by atoms with Crippen molar-refractivity contribution in [1.82, 2.24) is 25.1 Å². The normalized spacial score (nSPS) is 14.1. The summed E-state index contributed by atoms with van der Waals surface area (Å²) in [7, 11) is 0. The molecule has 0 aliphatic carbocycles. The van der Waals surface area contributed by atoms with Gasteiger partial charge in [0.2, 0.25) is 5.91 Å². The fraction of sp³-hybridized carbons (Fsp3) is 0.619. The molecule has 1 aliphatic heterocycles. The number of anilines is 1. The highest BCUT2D eigenvalue weighted by Crippen LogP contribution is 2.22. The molecule has 2 aromatic rings. The van der Waals surface area contributed by atoms with Gasteiger partial charge in [0, 0.05) is 37.8 Å². The molecule has 0 saturated carbocycles. The van der Waals surface area contributed by atoms with E-state index in [9.17, 15) is 4.79 Å². The summed E-state index contributed by atoms with van der Waals surface area (Å²) in [6, 6.07) is 2.01. The molecule has 0 spiro atoms. The largest absolute Gasteiger partial charge is 0.356 e. The third-order valence-corrected chi connectivity index (χ3v) is 5.37. The van der Waals surface area contributed by atoms with Gasteiger partial charge in [0.25, 0.3) is 0 Å². The zero-order valence-corrected chi connectivity index (χ0v) is 17.5. The summed E-state index contributed by atoms with van der Waals surface area (Å²) < 4.78 is 1.88. The number of hydrogen-bond donors (Lipinski definition) is 1. The number of nitrogens with zero attached hydrogens (tertiary/aromatic N) is 5. The lowest BCUT2D eigenvalue weighted by molar-refractivity contribution is -0.121. The molecular formula is C21H32N6O. The van der Waals surface area contributed by atoms with E-state index in [1.54, 1.807) is 6.33 Å². The monoisotopic (exact) mass is 384 g/mol. The van der Waals surface area contributed by atoms with Gasteiger partial charge in [-0.1, -0.05) is 13.8 Å². The van der Waals surface area contributed by atoms with Crippen molar-refractivity contribution >= 4 is 11.7 Å². The van der Waals surface area contributed by atoms with E-state index in [0.29, 0.717) is 18.8 Å². The Balaban J connectivity index is 1.68. The van der Waals surface area contributed by atoms with Crippen LogP contribution in [0.4, 0.5) is 5.82 Å². The van der Waals surface area contributed by atoms with Crippen molar-refractivity contribution in [3.63, 3.8) is 0 Å². The first-order valence-electron chi connectivity index (χ1n) is 10.3. The van der Waals surface area contributed by atoms with Crippen LogP contribution in [-0.4, -0.2) is 45.3 Å². The van der Waals surface area contributed by atoms with Crippen LogP contribution in [0.2, 0.25) is 0 Å². The molecule has 28 heavy (non-hydrogen) atoms. The highest BCUT2D eigenvalue weighted by atomic mass is 16.1. The SMILES string of the molecule is Cc1nn(-c2cc(N3CCCC3)ncn2)c(C)c1CCC(=O)NCCC(C)C. The van der Waals surface area contributed by atoms with Crippen LogP contribution in [0.5, 0.6) is 0 Å². The third-order valence-electron chi connectivity index (χ3n) is 5.37. The summed E-state index contributed by atoms with van der Waals surface area (Å²) in [6.45, 7) is 11.2. The molecule has 2 aromatic heterocycles. The lowest BCUT2D eigenvalue weighted by atomic mass is 10.1. The second-order valence-corrected chi connectivity index (χ2v) is 8.02. The van der Waals surface area contributed by atoms with Gasteiger partial charge in [0.05, 0.1) is 5.69 Å². The molecule has 1 aliphatic rings. The van der Waals surface area contributed by atoms with Crippen LogP contribution in [0, 0.1) is 19.8 Å². The number of hydrogen-bond acceptors (Lipinski definition) is 5. The third kappa shape index (κ3) is 4.88. The number of rotatable bonds is 8. The number of amides is 1. The minimum Gasteiger partial charge on any atom is -0.356 e. The summed E-state index contributed by atoms with van der Waals surface area (Å²) in [5.74, 6) is 2.44. The fourth-order valence-electron chi connectivity index (χ4n) is 3.66. The van der Waals surface area contributed by atoms with Gasteiger partial charge in [0.1, 0.15) is 12.1 Å². The topological polar surface area (TPSA) is 75.9 Å². The van der Waals surface area contributed by atoms with Crippen molar-refractivity contribution in [2.24, 2.45) is 5.92 Å². The molecule has 3 rings (SSSR count). The molecule has 1 N–H and O–H groups in total. The van der Waals surface area contributed by atoms with Crippen molar-refractivity contribution in [2.75, 3.05) is 24.5 Å². The molecule has 0 aromatic carbocycles. The molecule has 0 unspecified atom stereocenters. The molecule has 3 heterocycles. The Labute approximate surface area is 167 Å². The second kappa shape index (κ2) is 9.17. The molecule has 0 atom stereocenters. The Morgan fingerprint density at radius 2 is 1.89 bits per heavy atom. The van der Waals surface area contributed by atoms with Gasteiger partial charge in [-0.2, -0.15) is 5.10 Å². The van der Waals surface area contributed by atoms with Crippen molar-refractivity contribution in [3.05, 3.63) is 29.3 Å². The maximum atomic E-state index is 12.1. The predicted molar refractivity (Wildman–Crippen MR) is 111 cm³/mol. The molecule has 7 heteroatoms. The van der Waals surface area contributed by atoms with E-state index in [0.717, 1.165) is 54.6 Å². The van der Waals surface area contributed by atoms with Crippen LogP contribution in [0.3, 0.4) is 0 Å². The number of aromatic nitrogens is 4. The quantitative estimate of drug-likeness (QED) is 0.757. The van der Waals surface area contributed by atoms with E-state index in [4.69, 9.17) is 0 Å². The Kier molecular flexibility index (Phi) is 6.65. The molecule has 1 fully saturated rings. The summed E-state index contributed by atoms with van der Waals surface area (Å²) >= 11 is 0. The number of carbonyl (C=O) groups excluding carboxylic acids is 1. The first-order chi connectivity index (χ1) is 13.5. The van der Waals surface area contributed by atoms with Gasteiger partial charge in [-0.25, -0.2) is 14.6 Å². The van der Waals surface area contributed by atoms with Crippen LogP contribution in [-0.2, 0) is 11.2 Å². The van der Waals surface area contributed by atoms with E-state index in [-0.39, 0.29) is 5.91 Å². The minimum absolute atomic E-state index is 0.102. The minimum atomic E-state index is 0.102. The first-order valence-corrected chi connectivity index (χ1v) is 10.3. The number of carbonyl (C=O) groups is 1. The second-order valence-electron chi connectivity index (χ2n) is 8.02. The molecule has 152 valence electrons. The Morgan fingerprint density at radius 1 is 1.18 bits per heavy atom. The van der Waals surface area contributed by atoms with E-state index in [1.165, 1.54) is 12.8 Å². The first kappa shape index (κ1) is 20.3. The van der Waals surface area contributed by atoms with Crippen molar-refractivity contribution in [1.29, 1.82) is 0 Å². The van der Waals surface area contributed by atoms with Gasteiger partial charge in [-0.3, -0.25) is 4.79 Å². The van der Waals surface area contributed by atoms with Crippen molar-refractivity contribution in [2.45, 2.75) is 59.8 Å². The van der Waals surface area contributed by atoms with Crippen LogP contribution in [0.1, 0.15) is 56.5 Å². The van der Waals surface area contributed by atoms with Gasteiger partial charge in [0.15, 0.2) is 5.82 Å². The lowest BCUT2D eigenvalue weighted by Crippen LogP contribution is -2.25. The lowest BCUT2D eigenvalue weighted by Gasteiger charge is -2.16.